The van der Waals surface area contributed by atoms with Gasteiger partial charge in [0, 0.05) is 25.3 Å². The maximum Gasteiger partial charge on any atom is 0.162 e. The molecule has 0 fully saturated rings. The lowest BCUT2D eigenvalue weighted by molar-refractivity contribution is 0.355. The Kier molecular flexibility index (Phi) is 5.13. The predicted molar refractivity (Wildman–Crippen MR) is 72.3 cm³/mol. The van der Waals surface area contributed by atoms with E-state index in [1.165, 1.54) is 6.42 Å². The molecule has 0 aliphatic heterocycles. The topological polar surface area (TPSA) is 21.7 Å². The van der Waals surface area contributed by atoms with Gasteiger partial charge in [0.1, 0.15) is 0 Å². The summed E-state index contributed by atoms with van der Waals surface area (Å²) in [5, 5.41) is 0. The average molecular weight is 237 g/mol. The minimum Gasteiger partial charge on any atom is -0.493 e. The van der Waals surface area contributed by atoms with Crippen molar-refractivity contribution in [3.05, 3.63) is 18.2 Å². The molecule has 0 radical (unpaired) electrons. The van der Waals surface area contributed by atoms with Crippen LogP contribution in [-0.4, -0.2) is 27.8 Å². The first-order valence-corrected chi connectivity index (χ1v) is 6.01. The normalized spacial score (nSPS) is 10.5. The number of nitrogens with zero attached hydrogens (tertiary/aromatic N) is 1. The SMILES string of the molecule is COc1ccc(N(C)CCC(C)C)cc1OC. The van der Waals surface area contributed by atoms with Crippen LogP contribution in [0, 0.1) is 5.92 Å². The molecule has 1 aromatic carbocycles. The summed E-state index contributed by atoms with van der Waals surface area (Å²) in [5.41, 5.74) is 1.16. The van der Waals surface area contributed by atoms with Crippen molar-refractivity contribution >= 4 is 5.69 Å². The molecule has 0 aliphatic carbocycles. The van der Waals surface area contributed by atoms with Crippen LogP contribution < -0.4 is 14.4 Å². The molecule has 0 saturated heterocycles. The van der Waals surface area contributed by atoms with Crippen LogP contribution in [0.1, 0.15) is 20.3 Å². The molecule has 0 spiro atoms. The lowest BCUT2D eigenvalue weighted by Crippen LogP contribution is -2.19. The van der Waals surface area contributed by atoms with Gasteiger partial charge < -0.3 is 14.4 Å². The number of hydrogen-bond acceptors (Lipinski definition) is 3. The smallest absolute Gasteiger partial charge is 0.162 e. The van der Waals surface area contributed by atoms with Gasteiger partial charge in [0.25, 0.3) is 0 Å². The van der Waals surface area contributed by atoms with E-state index < -0.39 is 0 Å². The van der Waals surface area contributed by atoms with Gasteiger partial charge in [-0.3, -0.25) is 0 Å². The van der Waals surface area contributed by atoms with Gasteiger partial charge in [-0.15, -0.1) is 0 Å². The van der Waals surface area contributed by atoms with Crippen LogP contribution in [0.15, 0.2) is 18.2 Å². The van der Waals surface area contributed by atoms with E-state index in [2.05, 4.69) is 31.9 Å². The minimum absolute atomic E-state index is 0.720. The van der Waals surface area contributed by atoms with Crippen LogP contribution in [0.4, 0.5) is 5.69 Å². The summed E-state index contributed by atoms with van der Waals surface area (Å²) in [6.45, 7) is 5.53. The van der Waals surface area contributed by atoms with Crippen molar-refractivity contribution in [3.8, 4) is 11.5 Å². The summed E-state index contributed by atoms with van der Waals surface area (Å²) in [4.78, 5) is 2.24. The maximum atomic E-state index is 5.30. The van der Waals surface area contributed by atoms with Crippen molar-refractivity contribution in [2.45, 2.75) is 20.3 Å². The first kappa shape index (κ1) is 13.7. The van der Waals surface area contributed by atoms with Gasteiger partial charge in [-0.25, -0.2) is 0 Å². The third-order valence-electron chi connectivity index (χ3n) is 2.85. The maximum absolute atomic E-state index is 5.30. The third-order valence-corrected chi connectivity index (χ3v) is 2.85. The number of hydrogen-bond donors (Lipinski definition) is 0. The molecule has 3 nitrogen and oxygen atoms in total. The number of rotatable bonds is 6. The Bertz CT molecular complexity index is 350. The largest absolute Gasteiger partial charge is 0.493 e. The van der Waals surface area contributed by atoms with Crippen LogP contribution in [0.3, 0.4) is 0 Å². The van der Waals surface area contributed by atoms with Gasteiger partial charge in [-0.05, 0) is 24.5 Å². The number of ether oxygens (including phenoxy) is 2. The van der Waals surface area contributed by atoms with Crippen molar-refractivity contribution in [3.63, 3.8) is 0 Å². The molecule has 0 N–H and O–H groups in total. The summed E-state index contributed by atoms with van der Waals surface area (Å²) in [6.07, 6.45) is 1.19. The highest BCUT2D eigenvalue weighted by molar-refractivity contribution is 5.55. The molecule has 0 unspecified atom stereocenters. The van der Waals surface area contributed by atoms with Gasteiger partial charge in [0.2, 0.25) is 0 Å². The minimum atomic E-state index is 0.720. The van der Waals surface area contributed by atoms with Crippen molar-refractivity contribution in [1.29, 1.82) is 0 Å². The Labute approximate surface area is 104 Å². The van der Waals surface area contributed by atoms with Crippen molar-refractivity contribution in [2.75, 3.05) is 32.7 Å². The standard InChI is InChI=1S/C14H23NO2/c1-11(2)8-9-15(3)12-6-7-13(16-4)14(10-12)17-5/h6-7,10-11H,8-9H2,1-5H3. The van der Waals surface area contributed by atoms with E-state index in [0.717, 1.165) is 29.6 Å². The lowest BCUT2D eigenvalue weighted by Gasteiger charge is -2.21. The molecule has 1 rings (SSSR count). The van der Waals surface area contributed by atoms with Crippen molar-refractivity contribution in [2.24, 2.45) is 5.92 Å². The lowest BCUT2D eigenvalue weighted by atomic mass is 10.1. The summed E-state index contributed by atoms with van der Waals surface area (Å²) in [7, 11) is 5.42. The molecule has 0 heterocycles. The fourth-order valence-electron chi connectivity index (χ4n) is 1.64. The zero-order valence-corrected chi connectivity index (χ0v) is 11.5. The summed E-state index contributed by atoms with van der Waals surface area (Å²) >= 11 is 0. The third kappa shape index (κ3) is 3.84. The molecule has 17 heavy (non-hydrogen) atoms. The van der Waals surface area contributed by atoms with E-state index in [0.29, 0.717) is 0 Å². The van der Waals surface area contributed by atoms with Gasteiger partial charge in [0.15, 0.2) is 11.5 Å². The van der Waals surface area contributed by atoms with Gasteiger partial charge >= 0.3 is 0 Å². The number of anilines is 1. The molecule has 0 amide bonds. The Morgan fingerprint density at radius 2 is 1.76 bits per heavy atom. The van der Waals surface area contributed by atoms with E-state index >= 15 is 0 Å². The van der Waals surface area contributed by atoms with Crippen LogP contribution >= 0.6 is 0 Å². The molecule has 96 valence electrons. The van der Waals surface area contributed by atoms with Gasteiger partial charge in [-0.1, -0.05) is 13.8 Å². The Morgan fingerprint density at radius 1 is 1.12 bits per heavy atom. The van der Waals surface area contributed by atoms with Crippen LogP contribution in [0.5, 0.6) is 11.5 Å². The Balaban J connectivity index is 2.77. The van der Waals surface area contributed by atoms with E-state index in [9.17, 15) is 0 Å². The van der Waals surface area contributed by atoms with E-state index in [1.54, 1.807) is 14.2 Å². The van der Waals surface area contributed by atoms with Crippen molar-refractivity contribution in [1.82, 2.24) is 0 Å². The van der Waals surface area contributed by atoms with Gasteiger partial charge in [0.05, 0.1) is 14.2 Å². The quantitative estimate of drug-likeness (QED) is 0.758. The summed E-state index contributed by atoms with van der Waals surface area (Å²) in [6, 6.07) is 6.01. The monoisotopic (exact) mass is 237 g/mol. The fraction of sp³-hybridized carbons (Fsp3) is 0.571. The molecule has 1 aromatic rings. The van der Waals surface area contributed by atoms with Gasteiger partial charge in [-0.2, -0.15) is 0 Å². The highest BCUT2D eigenvalue weighted by Gasteiger charge is 2.07. The molecular weight excluding hydrogens is 214 g/mol. The molecule has 0 atom stereocenters. The van der Waals surface area contributed by atoms with Crippen LogP contribution in [-0.2, 0) is 0 Å². The molecular formula is C14H23NO2. The molecule has 3 heteroatoms. The molecule has 0 aromatic heterocycles. The van der Waals surface area contributed by atoms with Crippen LogP contribution in [0.2, 0.25) is 0 Å². The molecule has 0 aliphatic rings. The Hall–Kier alpha value is -1.38. The first-order valence-electron chi connectivity index (χ1n) is 6.01. The Morgan fingerprint density at radius 3 is 2.29 bits per heavy atom. The highest BCUT2D eigenvalue weighted by atomic mass is 16.5. The van der Waals surface area contributed by atoms with Crippen LogP contribution in [0.25, 0.3) is 0 Å². The predicted octanol–water partition coefficient (Wildman–Crippen LogP) is 3.19. The van der Waals surface area contributed by atoms with E-state index in [4.69, 9.17) is 9.47 Å². The highest BCUT2D eigenvalue weighted by Crippen LogP contribution is 2.31. The molecule has 0 bridgehead atoms. The number of benzene rings is 1. The second-order valence-corrected chi connectivity index (χ2v) is 4.64. The average Bonchev–Trinajstić information content (AvgIpc) is 2.34. The zero-order chi connectivity index (χ0) is 12.8. The molecule has 0 saturated carbocycles. The second kappa shape index (κ2) is 6.38. The first-order chi connectivity index (χ1) is 8.08. The van der Waals surface area contributed by atoms with E-state index in [-0.39, 0.29) is 0 Å². The second-order valence-electron chi connectivity index (χ2n) is 4.64. The fourth-order valence-corrected chi connectivity index (χ4v) is 1.64. The number of methoxy groups -OCH3 is 2. The summed E-state index contributed by atoms with van der Waals surface area (Å²) in [5.74, 6) is 2.27. The van der Waals surface area contributed by atoms with Crippen molar-refractivity contribution < 1.29 is 9.47 Å². The zero-order valence-electron chi connectivity index (χ0n) is 11.5. The van der Waals surface area contributed by atoms with E-state index in [1.807, 2.05) is 12.1 Å². The summed E-state index contributed by atoms with van der Waals surface area (Å²) < 4.78 is 10.5.